The van der Waals surface area contributed by atoms with Crippen molar-refractivity contribution in [1.29, 1.82) is 0 Å². The maximum absolute atomic E-state index is 12.2. The molecule has 1 aliphatic carbocycles. The van der Waals surface area contributed by atoms with Gasteiger partial charge in [0.1, 0.15) is 23.5 Å². The van der Waals surface area contributed by atoms with E-state index in [-0.39, 0.29) is 12.2 Å². The van der Waals surface area contributed by atoms with Crippen LogP contribution in [0.2, 0.25) is 10.0 Å². The van der Waals surface area contributed by atoms with E-state index in [1.807, 2.05) is 0 Å². The second-order valence-corrected chi connectivity index (χ2v) is 5.75. The smallest absolute Gasteiger partial charge is 0.303 e. The highest BCUT2D eigenvalue weighted by atomic mass is 35.5. The molecule has 1 heterocycles. The van der Waals surface area contributed by atoms with E-state index in [0.29, 0.717) is 21.3 Å². The Morgan fingerprint density at radius 3 is 2.67 bits per heavy atom. The Labute approximate surface area is 130 Å². The molecule has 0 N–H and O–H groups in total. The summed E-state index contributed by atoms with van der Waals surface area (Å²) >= 11 is 12.3. The molecule has 0 amide bonds. The number of carbonyl (C=O) groups excluding carboxylic acids is 2. The van der Waals surface area contributed by atoms with Crippen LogP contribution in [-0.2, 0) is 19.2 Å². The Bertz CT molecular complexity index is 638. The van der Waals surface area contributed by atoms with Gasteiger partial charge >= 0.3 is 5.97 Å². The molecule has 0 unspecified atom stereocenters. The summed E-state index contributed by atoms with van der Waals surface area (Å²) in [7, 11) is 0. The number of hydrogen-bond donors (Lipinski definition) is 0. The molecule has 3 rings (SSSR count). The molecule has 0 aromatic heterocycles. The molecule has 21 heavy (non-hydrogen) atoms. The summed E-state index contributed by atoms with van der Waals surface area (Å²) in [6.07, 6.45) is -1.12. The number of esters is 1. The van der Waals surface area contributed by atoms with Crippen molar-refractivity contribution in [1.82, 2.24) is 0 Å². The molecule has 1 aliphatic heterocycles. The first kappa shape index (κ1) is 14.4. The van der Waals surface area contributed by atoms with Gasteiger partial charge in [-0.1, -0.05) is 34.4 Å². The van der Waals surface area contributed by atoms with Gasteiger partial charge in [0.2, 0.25) is 0 Å². The largest absolute Gasteiger partial charge is 0.458 e. The summed E-state index contributed by atoms with van der Waals surface area (Å²) in [5, 5.41) is 4.75. The van der Waals surface area contributed by atoms with Crippen LogP contribution in [0.3, 0.4) is 0 Å². The SMILES string of the molecule is CC(=O)O[C@@H]1CC(=O)[C@@H]2C(c3c(Cl)cccc3Cl)=NO[C@@H]21. The van der Waals surface area contributed by atoms with Gasteiger partial charge < -0.3 is 9.57 Å². The third kappa shape index (κ3) is 2.40. The number of fused-ring (bicyclic) bond motifs is 1. The van der Waals surface area contributed by atoms with Crippen LogP contribution in [0, 0.1) is 5.92 Å². The lowest BCUT2D eigenvalue weighted by Gasteiger charge is -2.15. The van der Waals surface area contributed by atoms with Gasteiger partial charge in [-0.3, -0.25) is 9.59 Å². The van der Waals surface area contributed by atoms with Crippen molar-refractivity contribution in [3.63, 3.8) is 0 Å². The lowest BCUT2D eigenvalue weighted by Crippen LogP contribution is -2.31. The van der Waals surface area contributed by atoms with E-state index in [1.54, 1.807) is 18.2 Å². The van der Waals surface area contributed by atoms with Gasteiger partial charge in [-0.25, -0.2) is 0 Å². The molecule has 0 saturated heterocycles. The summed E-state index contributed by atoms with van der Waals surface area (Å²) in [6, 6.07) is 5.04. The summed E-state index contributed by atoms with van der Waals surface area (Å²) in [4.78, 5) is 28.6. The second kappa shape index (κ2) is 5.31. The van der Waals surface area contributed by atoms with Crippen LogP contribution in [0.15, 0.2) is 23.4 Å². The summed E-state index contributed by atoms with van der Waals surface area (Å²) < 4.78 is 5.12. The first-order valence-corrected chi connectivity index (χ1v) is 7.12. The van der Waals surface area contributed by atoms with Crippen molar-refractivity contribution >= 4 is 40.7 Å². The van der Waals surface area contributed by atoms with Crippen molar-refractivity contribution < 1.29 is 19.2 Å². The average molecular weight is 328 g/mol. The van der Waals surface area contributed by atoms with Gasteiger partial charge in [0, 0.05) is 18.9 Å². The van der Waals surface area contributed by atoms with Gasteiger partial charge in [-0.2, -0.15) is 0 Å². The molecular formula is C14H11Cl2NO4. The maximum Gasteiger partial charge on any atom is 0.303 e. The zero-order valence-corrected chi connectivity index (χ0v) is 12.5. The first-order chi connectivity index (χ1) is 9.99. The van der Waals surface area contributed by atoms with E-state index in [4.69, 9.17) is 32.8 Å². The van der Waals surface area contributed by atoms with Crippen molar-refractivity contribution in [2.75, 3.05) is 0 Å². The fourth-order valence-corrected chi connectivity index (χ4v) is 3.31. The molecule has 1 aromatic rings. The highest BCUT2D eigenvalue weighted by molar-refractivity contribution is 6.41. The molecule has 2 aliphatic rings. The quantitative estimate of drug-likeness (QED) is 0.783. The standard InChI is InChI=1S/C14H11Cl2NO4/c1-6(18)20-10-5-9(19)12-13(17-21-14(10)12)11-7(15)3-2-4-8(11)16/h2-4,10,12,14H,5H2,1H3/t10-,12-,14-/m1/s1. The fraction of sp³-hybridized carbons (Fsp3) is 0.357. The molecule has 5 nitrogen and oxygen atoms in total. The van der Waals surface area contributed by atoms with Crippen LogP contribution in [-0.4, -0.2) is 29.7 Å². The Morgan fingerprint density at radius 2 is 2.05 bits per heavy atom. The zero-order valence-electron chi connectivity index (χ0n) is 11.0. The van der Waals surface area contributed by atoms with E-state index in [9.17, 15) is 9.59 Å². The van der Waals surface area contributed by atoms with Crippen molar-refractivity contribution in [3.05, 3.63) is 33.8 Å². The lowest BCUT2D eigenvalue weighted by molar-refractivity contribution is -0.152. The number of hydrogen-bond acceptors (Lipinski definition) is 5. The number of ether oxygens (including phenoxy) is 1. The predicted molar refractivity (Wildman–Crippen MR) is 76.5 cm³/mol. The number of oxime groups is 1. The molecule has 7 heteroatoms. The van der Waals surface area contributed by atoms with Crippen molar-refractivity contribution in [2.24, 2.45) is 11.1 Å². The van der Waals surface area contributed by atoms with Gasteiger partial charge in [0.25, 0.3) is 0 Å². The number of benzene rings is 1. The summed E-state index contributed by atoms with van der Waals surface area (Å²) in [6.45, 7) is 1.29. The van der Waals surface area contributed by atoms with E-state index < -0.39 is 24.1 Å². The molecule has 1 saturated carbocycles. The highest BCUT2D eigenvalue weighted by Crippen LogP contribution is 2.39. The number of rotatable bonds is 2. The van der Waals surface area contributed by atoms with Crippen LogP contribution in [0.4, 0.5) is 0 Å². The molecule has 1 aromatic carbocycles. The van der Waals surface area contributed by atoms with Crippen LogP contribution in [0.5, 0.6) is 0 Å². The number of Topliss-reactive ketones (excluding diaryl/α,β-unsaturated/α-hetero) is 1. The lowest BCUT2D eigenvalue weighted by atomic mass is 9.93. The van der Waals surface area contributed by atoms with E-state index >= 15 is 0 Å². The van der Waals surface area contributed by atoms with Gasteiger partial charge in [0.05, 0.1) is 10.0 Å². The highest BCUT2D eigenvalue weighted by Gasteiger charge is 2.53. The Balaban J connectivity index is 1.94. The number of carbonyl (C=O) groups is 2. The normalized spacial score (nSPS) is 27.1. The van der Waals surface area contributed by atoms with Crippen LogP contribution in [0.1, 0.15) is 18.9 Å². The fourth-order valence-electron chi connectivity index (χ4n) is 2.72. The first-order valence-electron chi connectivity index (χ1n) is 6.37. The molecule has 3 atom stereocenters. The molecule has 0 spiro atoms. The predicted octanol–water partition coefficient (Wildman–Crippen LogP) is 2.62. The molecule has 0 bridgehead atoms. The van der Waals surface area contributed by atoms with E-state index in [1.165, 1.54) is 6.92 Å². The van der Waals surface area contributed by atoms with Crippen LogP contribution < -0.4 is 0 Å². The van der Waals surface area contributed by atoms with E-state index in [0.717, 1.165) is 0 Å². The third-order valence-corrected chi connectivity index (χ3v) is 4.18. The number of ketones is 1. The Hall–Kier alpha value is -1.59. The third-order valence-electron chi connectivity index (χ3n) is 3.55. The second-order valence-electron chi connectivity index (χ2n) is 4.94. The van der Waals surface area contributed by atoms with Gasteiger partial charge in [-0.05, 0) is 12.1 Å². The molecule has 1 fully saturated rings. The topological polar surface area (TPSA) is 65.0 Å². The van der Waals surface area contributed by atoms with Crippen LogP contribution >= 0.6 is 23.2 Å². The number of halogens is 2. The minimum absolute atomic E-state index is 0.0986. The van der Waals surface area contributed by atoms with Crippen molar-refractivity contribution in [2.45, 2.75) is 25.6 Å². The summed E-state index contributed by atoms with van der Waals surface area (Å²) in [5.41, 5.74) is 0.889. The van der Waals surface area contributed by atoms with E-state index in [2.05, 4.69) is 5.16 Å². The van der Waals surface area contributed by atoms with Gasteiger partial charge in [-0.15, -0.1) is 0 Å². The number of nitrogens with zero attached hydrogens (tertiary/aromatic N) is 1. The Morgan fingerprint density at radius 1 is 1.38 bits per heavy atom. The van der Waals surface area contributed by atoms with Crippen molar-refractivity contribution in [3.8, 4) is 0 Å². The zero-order chi connectivity index (χ0) is 15.1. The average Bonchev–Trinajstić information content (AvgIpc) is 2.93. The monoisotopic (exact) mass is 327 g/mol. The minimum Gasteiger partial charge on any atom is -0.458 e. The molecular weight excluding hydrogens is 317 g/mol. The minimum atomic E-state index is -0.623. The molecule has 110 valence electrons. The van der Waals surface area contributed by atoms with Crippen LogP contribution in [0.25, 0.3) is 0 Å². The maximum atomic E-state index is 12.2. The van der Waals surface area contributed by atoms with Gasteiger partial charge in [0.15, 0.2) is 6.10 Å². The summed E-state index contributed by atoms with van der Waals surface area (Å²) in [5.74, 6) is -1.16. The Kier molecular flexibility index (Phi) is 3.63. The molecule has 0 radical (unpaired) electrons.